The monoisotopic (exact) mass is 457 g/mol. The number of nitrogens with one attached hydrogen (secondary N) is 1. The van der Waals surface area contributed by atoms with E-state index >= 15 is 0 Å². The minimum atomic E-state index is -0.479. The van der Waals surface area contributed by atoms with Gasteiger partial charge >= 0.3 is 6.09 Å². The Labute approximate surface area is 194 Å². The molecule has 0 saturated carbocycles. The molecule has 2 aromatic heterocycles. The van der Waals surface area contributed by atoms with Gasteiger partial charge in [-0.25, -0.2) is 14.8 Å². The highest BCUT2D eigenvalue weighted by Crippen LogP contribution is 2.40. The predicted octanol–water partition coefficient (Wildman–Crippen LogP) is 4.68. The molecule has 4 rings (SSSR count). The summed E-state index contributed by atoms with van der Waals surface area (Å²) in [6, 6.07) is 2.20. The zero-order valence-corrected chi connectivity index (χ0v) is 21.1. The van der Waals surface area contributed by atoms with Gasteiger partial charge in [0.2, 0.25) is 0 Å². The van der Waals surface area contributed by atoms with Crippen molar-refractivity contribution >= 4 is 39.0 Å². The molecule has 7 nitrogen and oxygen atoms in total. The van der Waals surface area contributed by atoms with Crippen LogP contribution in [0.5, 0.6) is 0 Å². The third-order valence-corrected chi connectivity index (χ3v) is 6.86. The van der Waals surface area contributed by atoms with Crippen molar-refractivity contribution in [3.05, 3.63) is 23.3 Å². The van der Waals surface area contributed by atoms with Gasteiger partial charge in [0.05, 0.1) is 10.2 Å². The molecule has 0 radical (unpaired) electrons. The molecule has 1 fully saturated rings. The first-order chi connectivity index (χ1) is 14.8. The van der Waals surface area contributed by atoms with Gasteiger partial charge in [0.25, 0.3) is 0 Å². The number of hydrogen-bond acceptors (Lipinski definition) is 7. The Hall–Kier alpha value is -2.19. The van der Waals surface area contributed by atoms with E-state index < -0.39 is 5.60 Å². The fraction of sp³-hybridized carbons (Fsp3) is 0.625. The number of anilines is 1. The normalized spacial score (nSPS) is 20.9. The Morgan fingerprint density at radius 2 is 1.81 bits per heavy atom. The van der Waals surface area contributed by atoms with Crippen LogP contribution in [0.15, 0.2) is 18.5 Å². The van der Waals surface area contributed by atoms with E-state index in [1.165, 1.54) is 10.5 Å². The van der Waals surface area contributed by atoms with Gasteiger partial charge in [-0.1, -0.05) is 6.08 Å². The summed E-state index contributed by atoms with van der Waals surface area (Å²) in [5.41, 5.74) is 1.85. The maximum absolute atomic E-state index is 12.4. The van der Waals surface area contributed by atoms with Crippen molar-refractivity contribution in [2.45, 2.75) is 71.6 Å². The van der Waals surface area contributed by atoms with Crippen molar-refractivity contribution in [3.8, 4) is 0 Å². The zero-order valence-electron chi connectivity index (χ0n) is 20.3. The molecule has 0 atom stereocenters. The Morgan fingerprint density at radius 3 is 2.44 bits per heavy atom. The molecule has 0 unspecified atom stereocenters. The van der Waals surface area contributed by atoms with Gasteiger partial charge in [-0.05, 0) is 66.5 Å². The average molecular weight is 458 g/mol. The number of nitrogens with zero attached hydrogens (tertiary/aromatic N) is 4. The first-order valence-electron chi connectivity index (χ1n) is 11.3. The first-order valence-corrected chi connectivity index (χ1v) is 12.1. The van der Waals surface area contributed by atoms with Crippen LogP contribution in [0, 0.1) is 0 Å². The summed E-state index contributed by atoms with van der Waals surface area (Å²) in [5, 5.41) is 3.71. The topological polar surface area (TPSA) is 70.6 Å². The molecule has 2 aliphatic rings. The third kappa shape index (κ3) is 5.07. The molecule has 4 heterocycles. The van der Waals surface area contributed by atoms with Crippen molar-refractivity contribution in [3.63, 3.8) is 0 Å². The van der Waals surface area contributed by atoms with Crippen LogP contribution in [-0.2, 0) is 4.74 Å². The number of ether oxygens (including phenoxy) is 1. The van der Waals surface area contributed by atoms with Gasteiger partial charge in [-0.3, -0.25) is 0 Å². The summed E-state index contributed by atoms with van der Waals surface area (Å²) in [5.74, 6) is 0.961. The van der Waals surface area contributed by atoms with Gasteiger partial charge in [-0.15, -0.1) is 11.3 Å². The van der Waals surface area contributed by atoms with Crippen molar-refractivity contribution < 1.29 is 9.53 Å². The third-order valence-electron chi connectivity index (χ3n) is 5.67. The van der Waals surface area contributed by atoms with Crippen LogP contribution in [0.3, 0.4) is 0 Å². The lowest BCUT2D eigenvalue weighted by atomic mass is 9.83. The fourth-order valence-electron chi connectivity index (χ4n) is 4.73. The molecule has 1 saturated heterocycles. The number of piperazine rings is 1. The zero-order chi connectivity index (χ0) is 23.3. The standard InChI is InChI=1S/C24H35N5O2S/c1-22(2,3)31-21(30)29-10-8-28(9-11-29)20-19-17(25-15-26-20)12-18(32-19)16-13-23(4,5)27-24(6,7)14-16/h12-13,15,27H,8-11,14H2,1-7H3. The summed E-state index contributed by atoms with van der Waals surface area (Å²) < 4.78 is 6.64. The second-order valence-electron chi connectivity index (χ2n) is 11.1. The first kappa shape index (κ1) is 23.0. The van der Waals surface area contributed by atoms with E-state index in [9.17, 15) is 4.79 Å². The van der Waals surface area contributed by atoms with E-state index in [2.05, 4.69) is 60.0 Å². The SMILES string of the molecule is CC1(C)C=C(c2cc3ncnc(N4CCN(C(=O)OC(C)(C)C)CC4)c3s2)CC(C)(C)N1. The van der Waals surface area contributed by atoms with E-state index in [0.29, 0.717) is 13.1 Å². The molecule has 8 heteroatoms. The number of hydrogen-bond donors (Lipinski definition) is 1. The molecule has 0 aromatic carbocycles. The molecular weight excluding hydrogens is 422 g/mol. The molecule has 0 aliphatic carbocycles. The Balaban J connectivity index is 1.55. The lowest BCUT2D eigenvalue weighted by Gasteiger charge is -2.41. The largest absolute Gasteiger partial charge is 0.444 e. The van der Waals surface area contributed by atoms with Crippen LogP contribution in [-0.4, -0.2) is 63.8 Å². The van der Waals surface area contributed by atoms with Crippen LogP contribution < -0.4 is 10.2 Å². The van der Waals surface area contributed by atoms with Gasteiger partial charge in [-0.2, -0.15) is 0 Å². The quantitative estimate of drug-likeness (QED) is 0.706. The number of thiophene rings is 1. The minimum absolute atomic E-state index is 0.0380. The van der Waals surface area contributed by atoms with Crippen molar-refractivity contribution in [2.24, 2.45) is 0 Å². The molecule has 1 N–H and O–H groups in total. The molecular formula is C24H35N5O2S. The number of aromatic nitrogens is 2. The highest BCUT2D eigenvalue weighted by atomic mass is 32.1. The number of rotatable bonds is 2. The highest BCUT2D eigenvalue weighted by Gasteiger charge is 2.33. The lowest BCUT2D eigenvalue weighted by molar-refractivity contribution is 0.0240. The number of amides is 1. The fourth-order valence-corrected chi connectivity index (χ4v) is 5.87. The highest BCUT2D eigenvalue weighted by molar-refractivity contribution is 7.20. The van der Waals surface area contributed by atoms with Crippen LogP contribution >= 0.6 is 11.3 Å². The summed E-state index contributed by atoms with van der Waals surface area (Å²) >= 11 is 1.77. The van der Waals surface area contributed by atoms with Crippen LogP contribution in [0.25, 0.3) is 15.8 Å². The summed E-state index contributed by atoms with van der Waals surface area (Å²) in [6.07, 6.45) is 4.72. The van der Waals surface area contributed by atoms with E-state index in [0.717, 1.165) is 35.5 Å². The van der Waals surface area contributed by atoms with Crippen molar-refractivity contribution in [1.82, 2.24) is 20.2 Å². The van der Waals surface area contributed by atoms with Crippen molar-refractivity contribution in [1.29, 1.82) is 0 Å². The molecule has 1 amide bonds. The van der Waals surface area contributed by atoms with Gasteiger partial charge in [0, 0.05) is 42.1 Å². The molecule has 2 aliphatic heterocycles. The van der Waals surface area contributed by atoms with Crippen molar-refractivity contribution in [2.75, 3.05) is 31.1 Å². The van der Waals surface area contributed by atoms with E-state index in [1.807, 2.05) is 20.8 Å². The van der Waals surface area contributed by atoms with Crippen LogP contribution in [0.4, 0.5) is 10.6 Å². The summed E-state index contributed by atoms with van der Waals surface area (Å²) in [6.45, 7) is 17.3. The number of carbonyl (C=O) groups excluding carboxylic acids is 1. The maximum atomic E-state index is 12.4. The average Bonchev–Trinajstić information content (AvgIpc) is 3.09. The van der Waals surface area contributed by atoms with Crippen LogP contribution in [0.1, 0.15) is 59.8 Å². The van der Waals surface area contributed by atoms with Gasteiger partial charge < -0.3 is 19.9 Å². The molecule has 32 heavy (non-hydrogen) atoms. The molecule has 0 spiro atoms. The number of carbonyl (C=O) groups is 1. The number of fused-ring (bicyclic) bond motifs is 1. The molecule has 2 aromatic rings. The summed E-state index contributed by atoms with van der Waals surface area (Å²) in [4.78, 5) is 26.9. The molecule has 174 valence electrons. The summed E-state index contributed by atoms with van der Waals surface area (Å²) in [7, 11) is 0. The van der Waals surface area contributed by atoms with Gasteiger partial charge in [0.1, 0.15) is 17.7 Å². The minimum Gasteiger partial charge on any atom is -0.444 e. The Bertz CT molecular complexity index is 1040. The van der Waals surface area contributed by atoms with Gasteiger partial charge in [0.15, 0.2) is 0 Å². The smallest absolute Gasteiger partial charge is 0.410 e. The van der Waals surface area contributed by atoms with E-state index in [1.54, 1.807) is 22.6 Å². The Kier molecular flexibility index (Phi) is 5.74. The second-order valence-corrected chi connectivity index (χ2v) is 12.1. The maximum Gasteiger partial charge on any atom is 0.410 e. The second kappa shape index (κ2) is 7.99. The Morgan fingerprint density at radius 1 is 1.12 bits per heavy atom. The predicted molar refractivity (Wildman–Crippen MR) is 131 cm³/mol. The molecule has 0 bridgehead atoms. The van der Waals surface area contributed by atoms with E-state index in [-0.39, 0.29) is 17.2 Å². The lowest BCUT2D eigenvalue weighted by Crippen LogP contribution is -2.53. The van der Waals surface area contributed by atoms with Crippen LogP contribution in [0.2, 0.25) is 0 Å². The van der Waals surface area contributed by atoms with E-state index in [4.69, 9.17) is 4.74 Å².